The van der Waals surface area contributed by atoms with Gasteiger partial charge in [0.2, 0.25) is 0 Å². The normalized spacial score (nSPS) is 11.3. The zero-order valence-electron chi connectivity index (χ0n) is 10.5. The molecule has 0 radical (unpaired) electrons. The predicted octanol–water partition coefficient (Wildman–Crippen LogP) is 3.79. The summed E-state index contributed by atoms with van der Waals surface area (Å²) in [7, 11) is -3.69. The van der Waals surface area contributed by atoms with Crippen molar-refractivity contribution >= 4 is 48.9 Å². The number of nitrogens with one attached hydrogen (secondary N) is 1. The Morgan fingerprint density at radius 1 is 1.20 bits per heavy atom. The van der Waals surface area contributed by atoms with Crippen molar-refractivity contribution in [3.63, 3.8) is 0 Å². The molecule has 0 amide bonds. The van der Waals surface area contributed by atoms with Gasteiger partial charge in [-0.2, -0.15) is 0 Å². The van der Waals surface area contributed by atoms with Crippen LogP contribution < -0.4 is 10.5 Å². The first-order valence-corrected chi connectivity index (χ1v) is 8.29. The van der Waals surface area contributed by atoms with E-state index in [1.807, 2.05) is 0 Å². The Balaban J connectivity index is 2.38. The van der Waals surface area contributed by atoms with Gasteiger partial charge in [-0.1, -0.05) is 27.5 Å². The Kier molecular flexibility index (Phi) is 4.27. The number of hydrogen-bond donors (Lipinski definition) is 2. The number of nitrogen functional groups attached to an aromatic ring is 1. The summed E-state index contributed by atoms with van der Waals surface area (Å²) in [5.41, 5.74) is 7.26. The molecule has 0 aliphatic heterocycles. The Morgan fingerprint density at radius 2 is 1.90 bits per heavy atom. The highest BCUT2D eigenvalue weighted by Gasteiger charge is 2.16. The van der Waals surface area contributed by atoms with E-state index in [9.17, 15) is 8.42 Å². The molecule has 0 spiro atoms. The molecule has 0 aliphatic rings. The average molecular weight is 376 g/mol. The second-order valence-corrected chi connectivity index (χ2v) is 7.25. The van der Waals surface area contributed by atoms with E-state index in [0.717, 1.165) is 4.47 Å². The third kappa shape index (κ3) is 3.26. The van der Waals surface area contributed by atoms with Crippen LogP contribution >= 0.6 is 27.5 Å². The minimum atomic E-state index is -3.69. The molecule has 20 heavy (non-hydrogen) atoms. The minimum Gasteiger partial charge on any atom is -0.399 e. The molecule has 3 N–H and O–H groups in total. The van der Waals surface area contributed by atoms with E-state index in [1.54, 1.807) is 31.2 Å². The molecule has 0 saturated carbocycles. The highest BCUT2D eigenvalue weighted by molar-refractivity contribution is 9.10. The van der Waals surface area contributed by atoms with Crippen LogP contribution in [0.5, 0.6) is 0 Å². The van der Waals surface area contributed by atoms with Gasteiger partial charge >= 0.3 is 0 Å². The molecule has 0 heterocycles. The maximum absolute atomic E-state index is 12.3. The lowest BCUT2D eigenvalue weighted by Crippen LogP contribution is -2.13. The minimum absolute atomic E-state index is 0.142. The number of anilines is 2. The molecule has 0 bridgehead atoms. The van der Waals surface area contributed by atoms with Gasteiger partial charge in [0.25, 0.3) is 10.0 Å². The second-order valence-electron chi connectivity index (χ2n) is 4.25. The molecular formula is C13H12BrClN2O2S. The summed E-state index contributed by atoms with van der Waals surface area (Å²) in [5, 5.41) is 0.315. The second kappa shape index (κ2) is 5.63. The third-order valence-corrected chi connectivity index (χ3v) is 4.90. The number of hydrogen-bond acceptors (Lipinski definition) is 3. The van der Waals surface area contributed by atoms with E-state index in [2.05, 4.69) is 20.7 Å². The number of nitrogens with two attached hydrogens (primary N) is 1. The highest BCUT2D eigenvalue weighted by Crippen LogP contribution is 2.28. The largest absolute Gasteiger partial charge is 0.399 e. The zero-order chi connectivity index (χ0) is 14.9. The van der Waals surface area contributed by atoms with Gasteiger partial charge in [-0.05, 0) is 48.9 Å². The molecule has 0 aliphatic carbocycles. The first-order chi connectivity index (χ1) is 9.29. The summed E-state index contributed by atoms with van der Waals surface area (Å²) >= 11 is 9.27. The fourth-order valence-corrected chi connectivity index (χ4v) is 3.53. The summed E-state index contributed by atoms with van der Waals surface area (Å²) in [5.74, 6) is 0. The van der Waals surface area contributed by atoms with Gasteiger partial charge in [0, 0.05) is 10.2 Å². The van der Waals surface area contributed by atoms with Crippen LogP contribution in [0.2, 0.25) is 5.02 Å². The van der Waals surface area contributed by atoms with Gasteiger partial charge in [-0.3, -0.25) is 4.72 Å². The molecule has 2 aromatic rings. The predicted molar refractivity (Wildman–Crippen MR) is 85.6 cm³/mol. The van der Waals surface area contributed by atoms with Gasteiger partial charge in [-0.15, -0.1) is 0 Å². The number of aryl methyl sites for hydroxylation is 1. The lowest BCUT2D eigenvalue weighted by atomic mass is 10.2. The van der Waals surface area contributed by atoms with Crippen LogP contribution in [-0.4, -0.2) is 8.42 Å². The van der Waals surface area contributed by atoms with E-state index in [0.29, 0.717) is 22.0 Å². The van der Waals surface area contributed by atoms with Crippen molar-refractivity contribution in [2.24, 2.45) is 0 Å². The lowest BCUT2D eigenvalue weighted by Gasteiger charge is -2.11. The number of benzene rings is 2. The van der Waals surface area contributed by atoms with Crippen LogP contribution in [-0.2, 0) is 10.0 Å². The Morgan fingerprint density at radius 3 is 2.50 bits per heavy atom. The molecule has 0 aromatic heterocycles. The van der Waals surface area contributed by atoms with Crippen molar-refractivity contribution in [2.45, 2.75) is 11.8 Å². The van der Waals surface area contributed by atoms with E-state index in [4.69, 9.17) is 17.3 Å². The van der Waals surface area contributed by atoms with E-state index in [-0.39, 0.29) is 4.90 Å². The first kappa shape index (κ1) is 15.2. The van der Waals surface area contributed by atoms with Gasteiger partial charge in [0.15, 0.2) is 0 Å². The van der Waals surface area contributed by atoms with Crippen LogP contribution in [0, 0.1) is 6.92 Å². The molecule has 4 nitrogen and oxygen atoms in total. The van der Waals surface area contributed by atoms with Gasteiger partial charge in [-0.25, -0.2) is 8.42 Å². The maximum atomic E-state index is 12.3. The number of sulfonamides is 1. The fraction of sp³-hybridized carbons (Fsp3) is 0.0769. The Labute approximate surface area is 131 Å². The summed E-state index contributed by atoms with van der Waals surface area (Å²) in [6.07, 6.45) is 0. The lowest BCUT2D eigenvalue weighted by molar-refractivity contribution is 0.601. The van der Waals surface area contributed by atoms with Gasteiger partial charge in [0.1, 0.15) is 0 Å². The molecule has 2 aromatic carbocycles. The topological polar surface area (TPSA) is 72.2 Å². The SMILES string of the molecule is Cc1cc(S(=O)(=O)Nc2ccc(Br)cc2Cl)ccc1N. The average Bonchev–Trinajstić information content (AvgIpc) is 2.36. The van der Waals surface area contributed by atoms with Crippen LogP contribution in [0.3, 0.4) is 0 Å². The molecule has 2 rings (SSSR count). The van der Waals surface area contributed by atoms with Crippen molar-refractivity contribution in [1.29, 1.82) is 0 Å². The van der Waals surface area contributed by atoms with E-state index >= 15 is 0 Å². The summed E-state index contributed by atoms with van der Waals surface area (Å²) in [6, 6.07) is 9.45. The first-order valence-electron chi connectivity index (χ1n) is 5.63. The molecule has 0 atom stereocenters. The molecule has 0 fully saturated rings. The van der Waals surface area contributed by atoms with Gasteiger partial charge < -0.3 is 5.73 Å². The highest BCUT2D eigenvalue weighted by atomic mass is 79.9. The van der Waals surface area contributed by atoms with E-state index < -0.39 is 10.0 Å². The van der Waals surface area contributed by atoms with Crippen LogP contribution in [0.15, 0.2) is 45.8 Å². The molecule has 0 unspecified atom stereocenters. The summed E-state index contributed by atoms with van der Waals surface area (Å²) < 4.78 is 27.8. The van der Waals surface area contributed by atoms with Crippen molar-refractivity contribution in [1.82, 2.24) is 0 Å². The Bertz CT molecular complexity index is 763. The van der Waals surface area contributed by atoms with Gasteiger partial charge in [0.05, 0.1) is 15.6 Å². The number of halogens is 2. The smallest absolute Gasteiger partial charge is 0.261 e. The van der Waals surface area contributed by atoms with Crippen molar-refractivity contribution < 1.29 is 8.42 Å². The quantitative estimate of drug-likeness (QED) is 0.802. The monoisotopic (exact) mass is 374 g/mol. The molecule has 7 heteroatoms. The Hall–Kier alpha value is -1.24. The van der Waals surface area contributed by atoms with Crippen molar-refractivity contribution in [2.75, 3.05) is 10.5 Å². The standard InChI is InChI=1S/C13H12BrClN2O2S/c1-8-6-10(3-4-12(8)16)20(18,19)17-13-5-2-9(14)7-11(13)15/h2-7,17H,16H2,1H3. The summed E-state index contributed by atoms with van der Waals surface area (Å²) in [4.78, 5) is 0.142. The number of rotatable bonds is 3. The molecule has 106 valence electrons. The van der Waals surface area contributed by atoms with Crippen molar-refractivity contribution in [3.05, 3.63) is 51.5 Å². The van der Waals surface area contributed by atoms with Crippen LogP contribution in [0.1, 0.15) is 5.56 Å². The zero-order valence-corrected chi connectivity index (χ0v) is 13.7. The third-order valence-electron chi connectivity index (χ3n) is 2.73. The van der Waals surface area contributed by atoms with Crippen LogP contribution in [0.4, 0.5) is 11.4 Å². The molecule has 0 saturated heterocycles. The van der Waals surface area contributed by atoms with Crippen LogP contribution in [0.25, 0.3) is 0 Å². The fourth-order valence-electron chi connectivity index (χ4n) is 1.59. The maximum Gasteiger partial charge on any atom is 0.261 e. The van der Waals surface area contributed by atoms with Crippen molar-refractivity contribution in [3.8, 4) is 0 Å². The molecular weight excluding hydrogens is 364 g/mol. The van der Waals surface area contributed by atoms with E-state index in [1.165, 1.54) is 12.1 Å². The summed E-state index contributed by atoms with van der Waals surface area (Å²) in [6.45, 7) is 1.75.